The van der Waals surface area contributed by atoms with Crippen molar-refractivity contribution in [2.75, 3.05) is 7.11 Å². The molecule has 0 fully saturated rings. The van der Waals surface area contributed by atoms with E-state index in [1.165, 1.54) is 18.3 Å². The summed E-state index contributed by atoms with van der Waals surface area (Å²) in [5.74, 6) is 2.23. The lowest BCUT2D eigenvalue weighted by Gasteiger charge is -2.13. The topological polar surface area (TPSA) is 18.5 Å². The average Bonchev–Trinajstić information content (AvgIpc) is 2.77. The zero-order valence-electron chi connectivity index (χ0n) is 15.9. The molecule has 0 radical (unpaired) electrons. The minimum atomic E-state index is -0.234. The Morgan fingerprint density at radius 1 is 0.621 bits per heavy atom. The van der Waals surface area contributed by atoms with Crippen LogP contribution in [0.15, 0.2) is 118 Å². The van der Waals surface area contributed by atoms with Crippen LogP contribution in [0.2, 0.25) is 0 Å². The summed E-state index contributed by atoms with van der Waals surface area (Å²) in [6, 6.07) is 35.4. The van der Waals surface area contributed by atoms with Gasteiger partial charge >= 0.3 is 0 Å². The molecule has 0 saturated carbocycles. The number of benzene rings is 4. The summed E-state index contributed by atoms with van der Waals surface area (Å²) in [5, 5.41) is 0. The highest BCUT2D eigenvalue weighted by atomic mass is 127. The molecule has 0 bridgehead atoms. The van der Waals surface area contributed by atoms with Gasteiger partial charge in [0.25, 0.3) is 0 Å². The van der Waals surface area contributed by atoms with Gasteiger partial charge in [0, 0.05) is 9.64 Å². The number of rotatable bonds is 6. The second kappa shape index (κ2) is 9.37. The summed E-state index contributed by atoms with van der Waals surface area (Å²) in [6.45, 7) is 0. The van der Waals surface area contributed by atoms with Crippen LogP contribution >= 0.6 is 22.6 Å². The molecular formula is C25H20IO2S+. The quantitative estimate of drug-likeness (QED) is 0.202. The Kier molecular flexibility index (Phi) is 6.42. The Hall–Kier alpha value is -2.44. The number of hydrogen-bond donors (Lipinski definition) is 0. The van der Waals surface area contributed by atoms with Crippen LogP contribution in [-0.4, -0.2) is 7.11 Å². The van der Waals surface area contributed by atoms with E-state index in [0.717, 1.165) is 17.2 Å². The first kappa shape index (κ1) is 19.9. The standard InChI is InChI=1S/C25H20IO2S/c1-27-24-17-16-23(18-25(24)28-20-14-12-19(26)13-15-20)29(21-8-4-2-5-9-21)22-10-6-3-7-11-22/h2-18H,1H3/q+1. The molecule has 0 spiro atoms. The largest absolute Gasteiger partial charge is 0.493 e. The van der Waals surface area contributed by atoms with Crippen molar-refractivity contribution < 1.29 is 9.47 Å². The normalized spacial score (nSPS) is 10.7. The van der Waals surface area contributed by atoms with Gasteiger partial charge in [-0.1, -0.05) is 36.4 Å². The van der Waals surface area contributed by atoms with Gasteiger partial charge < -0.3 is 9.47 Å². The van der Waals surface area contributed by atoms with Crippen molar-refractivity contribution in [2.24, 2.45) is 0 Å². The first-order valence-electron chi connectivity index (χ1n) is 9.20. The lowest BCUT2D eigenvalue weighted by Crippen LogP contribution is -2.05. The van der Waals surface area contributed by atoms with Crippen molar-refractivity contribution in [3.8, 4) is 17.2 Å². The van der Waals surface area contributed by atoms with E-state index < -0.39 is 0 Å². The SMILES string of the molecule is COc1ccc([S+](c2ccccc2)c2ccccc2)cc1Oc1ccc(I)cc1. The average molecular weight is 511 g/mol. The molecule has 4 rings (SSSR count). The first-order valence-corrected chi connectivity index (χ1v) is 11.5. The molecule has 0 aromatic heterocycles. The molecule has 0 aliphatic carbocycles. The molecule has 0 unspecified atom stereocenters. The molecule has 0 aliphatic heterocycles. The van der Waals surface area contributed by atoms with E-state index in [1.807, 2.05) is 30.3 Å². The minimum Gasteiger partial charge on any atom is -0.493 e. The molecule has 2 nitrogen and oxygen atoms in total. The van der Waals surface area contributed by atoms with Crippen LogP contribution in [0, 0.1) is 3.57 Å². The fourth-order valence-corrected chi connectivity index (χ4v) is 5.48. The molecule has 0 saturated heterocycles. The Morgan fingerprint density at radius 2 is 1.21 bits per heavy atom. The first-order chi connectivity index (χ1) is 14.2. The molecule has 0 amide bonds. The van der Waals surface area contributed by atoms with Crippen molar-refractivity contribution in [3.05, 3.63) is 107 Å². The third-order valence-corrected chi connectivity index (χ3v) is 7.30. The maximum Gasteiger partial charge on any atom is 0.174 e. The summed E-state index contributed by atoms with van der Waals surface area (Å²) in [4.78, 5) is 3.72. The van der Waals surface area contributed by atoms with E-state index in [1.54, 1.807) is 7.11 Å². The van der Waals surface area contributed by atoms with Gasteiger partial charge in [0.15, 0.2) is 26.2 Å². The van der Waals surface area contributed by atoms with Crippen molar-refractivity contribution in [1.82, 2.24) is 0 Å². The van der Waals surface area contributed by atoms with Gasteiger partial charge in [-0.05, 0) is 83.3 Å². The van der Waals surface area contributed by atoms with Gasteiger partial charge in [0.2, 0.25) is 0 Å². The van der Waals surface area contributed by atoms with Gasteiger partial charge in [-0.15, -0.1) is 0 Å². The summed E-state index contributed by atoms with van der Waals surface area (Å²) in [6.07, 6.45) is 0. The fraction of sp³-hybridized carbons (Fsp3) is 0.0400. The predicted octanol–water partition coefficient (Wildman–Crippen LogP) is 7.19. The maximum atomic E-state index is 6.19. The van der Waals surface area contributed by atoms with Crippen LogP contribution in [0.5, 0.6) is 17.2 Å². The van der Waals surface area contributed by atoms with Gasteiger partial charge in [-0.2, -0.15) is 0 Å². The highest BCUT2D eigenvalue weighted by molar-refractivity contribution is 14.1. The molecule has 29 heavy (non-hydrogen) atoms. The lowest BCUT2D eigenvalue weighted by molar-refractivity contribution is 0.378. The zero-order valence-corrected chi connectivity index (χ0v) is 18.9. The van der Waals surface area contributed by atoms with Crippen LogP contribution < -0.4 is 9.47 Å². The smallest absolute Gasteiger partial charge is 0.174 e. The Labute approximate surface area is 188 Å². The van der Waals surface area contributed by atoms with Gasteiger partial charge in [-0.25, -0.2) is 0 Å². The molecule has 0 N–H and O–H groups in total. The fourth-order valence-electron chi connectivity index (χ4n) is 3.01. The van der Waals surface area contributed by atoms with Gasteiger partial charge in [0.05, 0.1) is 18.0 Å². The third-order valence-electron chi connectivity index (χ3n) is 4.37. The number of hydrogen-bond acceptors (Lipinski definition) is 2. The highest BCUT2D eigenvalue weighted by Crippen LogP contribution is 2.38. The summed E-state index contributed by atoms with van der Waals surface area (Å²) in [5.41, 5.74) is 0. The molecule has 4 heteroatoms. The van der Waals surface area contributed by atoms with Crippen molar-refractivity contribution >= 4 is 33.5 Å². The molecule has 0 heterocycles. The van der Waals surface area contributed by atoms with Crippen LogP contribution in [0.1, 0.15) is 0 Å². The molecular weight excluding hydrogens is 491 g/mol. The second-order valence-corrected chi connectivity index (χ2v) is 9.57. The minimum absolute atomic E-state index is 0.234. The van der Waals surface area contributed by atoms with Gasteiger partial charge in [-0.3, -0.25) is 0 Å². The van der Waals surface area contributed by atoms with Crippen LogP contribution in [0.25, 0.3) is 0 Å². The van der Waals surface area contributed by atoms with Crippen molar-refractivity contribution in [2.45, 2.75) is 14.7 Å². The summed E-state index contributed by atoms with van der Waals surface area (Å²) >= 11 is 2.29. The second-order valence-electron chi connectivity index (χ2n) is 6.30. The summed E-state index contributed by atoms with van der Waals surface area (Å²) in [7, 11) is 1.44. The van der Waals surface area contributed by atoms with E-state index in [0.29, 0.717) is 0 Å². The molecule has 144 valence electrons. The van der Waals surface area contributed by atoms with E-state index in [4.69, 9.17) is 9.47 Å². The van der Waals surface area contributed by atoms with E-state index in [-0.39, 0.29) is 10.9 Å². The van der Waals surface area contributed by atoms with E-state index >= 15 is 0 Å². The number of halogens is 1. The molecule has 0 aliphatic rings. The van der Waals surface area contributed by atoms with Crippen LogP contribution in [-0.2, 0) is 10.9 Å². The van der Waals surface area contributed by atoms with Crippen LogP contribution in [0.3, 0.4) is 0 Å². The lowest BCUT2D eigenvalue weighted by atomic mass is 10.3. The Morgan fingerprint density at radius 3 is 1.76 bits per heavy atom. The van der Waals surface area contributed by atoms with Crippen molar-refractivity contribution in [3.63, 3.8) is 0 Å². The number of methoxy groups -OCH3 is 1. The summed E-state index contributed by atoms with van der Waals surface area (Å²) < 4.78 is 12.9. The Balaban J connectivity index is 1.78. The zero-order chi connectivity index (χ0) is 20.1. The third kappa shape index (κ3) is 4.77. The maximum absolute atomic E-state index is 6.19. The van der Waals surface area contributed by atoms with Crippen LogP contribution in [0.4, 0.5) is 0 Å². The van der Waals surface area contributed by atoms with E-state index in [9.17, 15) is 0 Å². The molecule has 4 aromatic rings. The number of ether oxygens (including phenoxy) is 2. The molecule has 4 aromatic carbocycles. The Bertz CT molecular complexity index is 1030. The predicted molar refractivity (Wildman–Crippen MR) is 127 cm³/mol. The molecule has 0 atom stereocenters. The van der Waals surface area contributed by atoms with Crippen molar-refractivity contribution in [1.29, 1.82) is 0 Å². The highest BCUT2D eigenvalue weighted by Gasteiger charge is 2.29. The monoisotopic (exact) mass is 511 g/mol. The van der Waals surface area contributed by atoms with E-state index in [2.05, 4.69) is 95.4 Å². The van der Waals surface area contributed by atoms with Gasteiger partial charge in [0.1, 0.15) is 5.75 Å².